The molecule has 4 heteroatoms. The molecule has 0 spiro atoms. The third-order valence-electron chi connectivity index (χ3n) is 3.43. The topological polar surface area (TPSA) is 37.4 Å². The Bertz CT molecular complexity index is 585. The summed E-state index contributed by atoms with van der Waals surface area (Å²) in [4.78, 5) is 6.98. The molecular weight excluding hydrogens is 250 g/mol. The molecule has 1 N–H and O–H groups in total. The highest BCUT2D eigenvalue weighted by atomic mass is 16.5. The smallest absolute Gasteiger partial charge is 0.129 e. The minimum atomic E-state index is 0.689. The van der Waals surface area contributed by atoms with Gasteiger partial charge in [0, 0.05) is 18.7 Å². The predicted molar refractivity (Wildman–Crippen MR) is 80.0 cm³/mol. The highest BCUT2D eigenvalue weighted by molar-refractivity contribution is 5.44. The number of rotatable bonds is 3. The maximum atomic E-state index is 5.80. The Morgan fingerprint density at radius 3 is 3.00 bits per heavy atom. The third-order valence-corrected chi connectivity index (χ3v) is 3.43. The molecule has 0 saturated heterocycles. The number of nitrogens with zero attached hydrogens (tertiary/aromatic N) is 2. The van der Waals surface area contributed by atoms with Crippen molar-refractivity contribution in [3.8, 4) is 5.75 Å². The lowest BCUT2D eigenvalue weighted by molar-refractivity contribution is 0.331. The van der Waals surface area contributed by atoms with Crippen LogP contribution in [0.4, 0.5) is 5.82 Å². The number of benzene rings is 1. The van der Waals surface area contributed by atoms with E-state index >= 15 is 0 Å². The normalized spacial score (nSPS) is 14.3. The van der Waals surface area contributed by atoms with Crippen molar-refractivity contribution >= 4 is 5.82 Å². The van der Waals surface area contributed by atoms with E-state index in [1.807, 2.05) is 25.2 Å². The third kappa shape index (κ3) is 2.75. The lowest BCUT2D eigenvalue weighted by atomic mass is 10.2. The zero-order valence-corrected chi connectivity index (χ0v) is 11.7. The Hall–Kier alpha value is -2.07. The average Bonchev–Trinajstić information content (AvgIpc) is 2.70. The van der Waals surface area contributed by atoms with Crippen molar-refractivity contribution in [1.29, 1.82) is 0 Å². The van der Waals surface area contributed by atoms with Gasteiger partial charge in [-0.15, -0.1) is 0 Å². The van der Waals surface area contributed by atoms with Crippen LogP contribution in [-0.4, -0.2) is 25.2 Å². The molecule has 0 radical (unpaired) electrons. The lowest BCUT2D eigenvalue weighted by Gasteiger charge is -2.21. The summed E-state index contributed by atoms with van der Waals surface area (Å²) in [6.07, 6.45) is 0. The molecule has 0 bridgehead atoms. The molecular formula is C16H19N3O. The van der Waals surface area contributed by atoms with E-state index in [9.17, 15) is 0 Å². The van der Waals surface area contributed by atoms with E-state index in [-0.39, 0.29) is 0 Å². The van der Waals surface area contributed by atoms with Crippen LogP contribution in [0.1, 0.15) is 11.3 Å². The monoisotopic (exact) mass is 269 g/mol. The van der Waals surface area contributed by atoms with E-state index in [1.54, 1.807) is 0 Å². The summed E-state index contributed by atoms with van der Waals surface area (Å²) < 4.78 is 5.80. The molecule has 4 nitrogen and oxygen atoms in total. The molecule has 0 aliphatic carbocycles. The summed E-state index contributed by atoms with van der Waals surface area (Å²) in [5.74, 6) is 2.00. The SMILES string of the molecule is CNCc1cccc(N2CCOc3ccccc3C2)n1. The zero-order valence-electron chi connectivity index (χ0n) is 11.7. The van der Waals surface area contributed by atoms with Crippen molar-refractivity contribution in [3.63, 3.8) is 0 Å². The largest absolute Gasteiger partial charge is 0.491 e. The number of nitrogens with one attached hydrogen (secondary N) is 1. The molecule has 3 rings (SSSR count). The van der Waals surface area contributed by atoms with Gasteiger partial charge in [-0.3, -0.25) is 0 Å². The van der Waals surface area contributed by atoms with Gasteiger partial charge in [0.05, 0.1) is 12.2 Å². The predicted octanol–water partition coefficient (Wildman–Crippen LogP) is 2.20. The van der Waals surface area contributed by atoms with Gasteiger partial charge in [0.25, 0.3) is 0 Å². The number of hydrogen-bond donors (Lipinski definition) is 1. The second-order valence-corrected chi connectivity index (χ2v) is 4.90. The number of aromatic nitrogens is 1. The van der Waals surface area contributed by atoms with Gasteiger partial charge in [-0.05, 0) is 25.2 Å². The first-order valence-electron chi connectivity index (χ1n) is 6.93. The Balaban J connectivity index is 1.85. The van der Waals surface area contributed by atoms with E-state index in [1.165, 1.54) is 5.56 Å². The maximum Gasteiger partial charge on any atom is 0.129 e. The summed E-state index contributed by atoms with van der Waals surface area (Å²) in [5.41, 5.74) is 2.27. The summed E-state index contributed by atoms with van der Waals surface area (Å²) in [6.45, 7) is 3.17. The van der Waals surface area contributed by atoms with Crippen molar-refractivity contribution < 1.29 is 4.74 Å². The van der Waals surface area contributed by atoms with E-state index < -0.39 is 0 Å². The number of fused-ring (bicyclic) bond motifs is 1. The summed E-state index contributed by atoms with van der Waals surface area (Å²) in [7, 11) is 1.93. The molecule has 1 aliphatic heterocycles. The molecule has 20 heavy (non-hydrogen) atoms. The van der Waals surface area contributed by atoms with Crippen LogP contribution < -0.4 is 15.0 Å². The lowest BCUT2D eigenvalue weighted by Crippen LogP contribution is -2.26. The molecule has 0 atom stereocenters. The van der Waals surface area contributed by atoms with Gasteiger partial charge in [-0.25, -0.2) is 4.98 Å². The van der Waals surface area contributed by atoms with Gasteiger partial charge in [-0.1, -0.05) is 24.3 Å². The van der Waals surface area contributed by atoms with Crippen LogP contribution >= 0.6 is 0 Å². The fraction of sp³-hybridized carbons (Fsp3) is 0.312. The van der Waals surface area contributed by atoms with Gasteiger partial charge < -0.3 is 15.0 Å². The highest BCUT2D eigenvalue weighted by Crippen LogP contribution is 2.25. The fourth-order valence-electron chi connectivity index (χ4n) is 2.44. The Morgan fingerprint density at radius 2 is 2.10 bits per heavy atom. The van der Waals surface area contributed by atoms with Gasteiger partial charge in [0.1, 0.15) is 18.2 Å². The molecule has 0 amide bonds. The standard InChI is InChI=1S/C16H19N3O/c1-17-11-14-6-4-8-16(18-14)19-9-10-20-15-7-3-2-5-13(15)12-19/h2-8,17H,9-12H2,1H3. The molecule has 1 aliphatic rings. The van der Waals surface area contributed by atoms with Crippen molar-refractivity contribution in [2.75, 3.05) is 25.1 Å². The van der Waals surface area contributed by atoms with E-state index in [0.29, 0.717) is 6.61 Å². The number of hydrogen-bond acceptors (Lipinski definition) is 4. The highest BCUT2D eigenvalue weighted by Gasteiger charge is 2.16. The van der Waals surface area contributed by atoms with Crippen molar-refractivity contribution in [1.82, 2.24) is 10.3 Å². The molecule has 2 aromatic rings. The molecule has 2 heterocycles. The first-order chi connectivity index (χ1) is 9.86. The molecule has 1 aromatic heterocycles. The molecule has 0 unspecified atom stereocenters. The maximum absolute atomic E-state index is 5.80. The van der Waals surface area contributed by atoms with E-state index in [4.69, 9.17) is 9.72 Å². The van der Waals surface area contributed by atoms with Gasteiger partial charge >= 0.3 is 0 Å². The molecule has 0 fully saturated rings. The minimum absolute atomic E-state index is 0.689. The molecule has 1 aromatic carbocycles. The van der Waals surface area contributed by atoms with Gasteiger partial charge in [0.2, 0.25) is 0 Å². The fourth-order valence-corrected chi connectivity index (χ4v) is 2.44. The van der Waals surface area contributed by atoms with Crippen LogP contribution in [0.3, 0.4) is 0 Å². The minimum Gasteiger partial charge on any atom is -0.491 e. The number of pyridine rings is 1. The average molecular weight is 269 g/mol. The number of anilines is 1. The summed E-state index contributed by atoms with van der Waals surface area (Å²) in [5, 5.41) is 3.14. The second-order valence-electron chi connectivity index (χ2n) is 4.90. The van der Waals surface area contributed by atoms with Crippen LogP contribution in [0, 0.1) is 0 Å². The second kappa shape index (κ2) is 5.92. The Labute approximate surface area is 119 Å². The van der Waals surface area contributed by atoms with Crippen LogP contribution in [0.5, 0.6) is 5.75 Å². The van der Waals surface area contributed by atoms with Crippen molar-refractivity contribution in [3.05, 3.63) is 53.7 Å². The van der Waals surface area contributed by atoms with Crippen molar-refractivity contribution in [2.45, 2.75) is 13.1 Å². The quantitative estimate of drug-likeness (QED) is 0.927. The van der Waals surface area contributed by atoms with Gasteiger partial charge in [0.15, 0.2) is 0 Å². The number of ether oxygens (including phenoxy) is 1. The zero-order chi connectivity index (χ0) is 13.8. The van der Waals surface area contributed by atoms with E-state index in [2.05, 4.69) is 34.5 Å². The molecule has 0 saturated carbocycles. The van der Waals surface area contributed by atoms with Crippen LogP contribution in [-0.2, 0) is 13.1 Å². The first kappa shape index (κ1) is 12.9. The van der Waals surface area contributed by atoms with Crippen molar-refractivity contribution in [2.24, 2.45) is 0 Å². The van der Waals surface area contributed by atoms with Crippen LogP contribution in [0.25, 0.3) is 0 Å². The van der Waals surface area contributed by atoms with Crippen LogP contribution in [0.15, 0.2) is 42.5 Å². The van der Waals surface area contributed by atoms with Gasteiger partial charge in [-0.2, -0.15) is 0 Å². The summed E-state index contributed by atoms with van der Waals surface area (Å²) >= 11 is 0. The first-order valence-corrected chi connectivity index (χ1v) is 6.93. The molecule has 104 valence electrons. The summed E-state index contributed by atoms with van der Waals surface area (Å²) in [6, 6.07) is 14.4. The Kier molecular flexibility index (Phi) is 3.83. The Morgan fingerprint density at radius 1 is 1.20 bits per heavy atom. The van der Waals surface area contributed by atoms with E-state index in [0.717, 1.165) is 36.9 Å². The number of para-hydroxylation sites is 1. The van der Waals surface area contributed by atoms with Crippen LogP contribution in [0.2, 0.25) is 0 Å².